The molecule has 0 spiro atoms. The van der Waals surface area contributed by atoms with E-state index in [1.54, 1.807) is 24.2 Å². The van der Waals surface area contributed by atoms with Crippen LogP contribution in [0.15, 0.2) is 36.7 Å². The molecule has 24 heavy (non-hydrogen) atoms. The SMILES string of the molecule is COC[C@H]1CN(C(=O)c2ccccc2-n2ccnn2)CC(C)(C)O1. The van der Waals surface area contributed by atoms with Crippen LogP contribution in [0.25, 0.3) is 5.69 Å². The number of methoxy groups -OCH3 is 1. The highest BCUT2D eigenvalue weighted by molar-refractivity contribution is 5.97. The Morgan fingerprint density at radius 2 is 2.21 bits per heavy atom. The van der Waals surface area contributed by atoms with E-state index in [0.29, 0.717) is 30.9 Å². The van der Waals surface area contributed by atoms with Gasteiger partial charge in [-0.05, 0) is 26.0 Å². The van der Waals surface area contributed by atoms with E-state index in [9.17, 15) is 4.79 Å². The largest absolute Gasteiger partial charge is 0.382 e. The third-order valence-corrected chi connectivity index (χ3v) is 3.92. The fourth-order valence-corrected chi connectivity index (χ4v) is 3.08. The molecule has 7 heteroatoms. The van der Waals surface area contributed by atoms with E-state index < -0.39 is 5.60 Å². The van der Waals surface area contributed by atoms with Crippen LogP contribution in [0.4, 0.5) is 0 Å². The van der Waals surface area contributed by atoms with E-state index >= 15 is 0 Å². The van der Waals surface area contributed by atoms with Crippen molar-refractivity contribution in [3.8, 4) is 5.69 Å². The predicted molar refractivity (Wildman–Crippen MR) is 88.1 cm³/mol. The molecule has 1 atom stereocenters. The van der Waals surface area contributed by atoms with Crippen molar-refractivity contribution in [2.75, 3.05) is 26.8 Å². The molecule has 1 amide bonds. The first-order valence-electron chi connectivity index (χ1n) is 7.92. The zero-order valence-electron chi connectivity index (χ0n) is 14.2. The van der Waals surface area contributed by atoms with Crippen LogP contribution < -0.4 is 0 Å². The third kappa shape index (κ3) is 3.47. The van der Waals surface area contributed by atoms with Gasteiger partial charge in [0.2, 0.25) is 0 Å². The van der Waals surface area contributed by atoms with Gasteiger partial charge in [-0.15, -0.1) is 5.10 Å². The molecule has 3 rings (SSSR count). The Hall–Kier alpha value is -2.25. The Morgan fingerprint density at radius 1 is 1.42 bits per heavy atom. The molecule has 0 bridgehead atoms. The fraction of sp³-hybridized carbons (Fsp3) is 0.471. The van der Waals surface area contributed by atoms with Crippen LogP contribution in [-0.2, 0) is 9.47 Å². The van der Waals surface area contributed by atoms with E-state index in [1.165, 1.54) is 0 Å². The maximum atomic E-state index is 13.1. The summed E-state index contributed by atoms with van der Waals surface area (Å²) in [6.45, 7) is 5.45. The maximum Gasteiger partial charge on any atom is 0.256 e. The Bertz CT molecular complexity index is 700. The zero-order chi connectivity index (χ0) is 17.2. The van der Waals surface area contributed by atoms with E-state index in [2.05, 4.69) is 10.3 Å². The third-order valence-electron chi connectivity index (χ3n) is 3.92. The van der Waals surface area contributed by atoms with Crippen molar-refractivity contribution in [3.05, 3.63) is 42.2 Å². The van der Waals surface area contributed by atoms with Crippen molar-refractivity contribution in [3.63, 3.8) is 0 Å². The summed E-state index contributed by atoms with van der Waals surface area (Å²) in [6.07, 6.45) is 3.18. The number of ether oxygens (including phenoxy) is 2. The van der Waals surface area contributed by atoms with Gasteiger partial charge in [0.25, 0.3) is 5.91 Å². The number of aromatic nitrogens is 3. The van der Waals surface area contributed by atoms with E-state index in [-0.39, 0.29) is 12.0 Å². The minimum absolute atomic E-state index is 0.0430. The van der Waals surface area contributed by atoms with Crippen LogP contribution in [-0.4, -0.2) is 64.3 Å². The standard InChI is InChI=1S/C17H22N4O3/c1-17(2)12-20(10-13(24-17)11-23-3)16(22)14-6-4-5-7-15(14)21-9-8-18-19-21/h4-9,13H,10-12H2,1-3H3/t13-/m1/s1. The van der Waals surface area contributed by atoms with Gasteiger partial charge in [-0.3, -0.25) is 4.79 Å². The molecule has 128 valence electrons. The Kier molecular flexibility index (Phi) is 4.64. The number of carbonyl (C=O) groups excluding carboxylic acids is 1. The van der Waals surface area contributed by atoms with Gasteiger partial charge < -0.3 is 14.4 Å². The molecule has 1 aromatic carbocycles. The molecule has 0 radical (unpaired) electrons. The topological polar surface area (TPSA) is 69.5 Å². The number of hydrogen-bond donors (Lipinski definition) is 0. The Morgan fingerprint density at radius 3 is 2.92 bits per heavy atom. The van der Waals surface area contributed by atoms with Crippen molar-refractivity contribution in [2.45, 2.75) is 25.6 Å². The summed E-state index contributed by atoms with van der Waals surface area (Å²) >= 11 is 0. The van der Waals surface area contributed by atoms with Gasteiger partial charge in [0.1, 0.15) is 0 Å². The van der Waals surface area contributed by atoms with Crippen LogP contribution in [0.3, 0.4) is 0 Å². The highest BCUT2D eigenvalue weighted by Crippen LogP contribution is 2.24. The quantitative estimate of drug-likeness (QED) is 0.850. The smallest absolute Gasteiger partial charge is 0.256 e. The van der Waals surface area contributed by atoms with Crippen LogP contribution in [0.1, 0.15) is 24.2 Å². The van der Waals surface area contributed by atoms with Gasteiger partial charge in [0.15, 0.2) is 0 Å². The van der Waals surface area contributed by atoms with E-state index in [4.69, 9.17) is 9.47 Å². The summed E-state index contributed by atoms with van der Waals surface area (Å²) in [7, 11) is 1.64. The molecule has 0 N–H and O–H groups in total. The van der Waals surface area contributed by atoms with Crippen molar-refractivity contribution in [1.82, 2.24) is 19.9 Å². The predicted octanol–water partition coefficient (Wildman–Crippen LogP) is 1.53. The molecule has 0 saturated carbocycles. The minimum atomic E-state index is -0.417. The van der Waals surface area contributed by atoms with Crippen LogP contribution >= 0.6 is 0 Å². The van der Waals surface area contributed by atoms with Crippen LogP contribution in [0, 0.1) is 0 Å². The van der Waals surface area contributed by atoms with Crippen molar-refractivity contribution in [2.24, 2.45) is 0 Å². The summed E-state index contributed by atoms with van der Waals surface area (Å²) in [5.41, 5.74) is 0.892. The Labute approximate surface area is 141 Å². The fourth-order valence-electron chi connectivity index (χ4n) is 3.08. The van der Waals surface area contributed by atoms with Crippen LogP contribution in [0.5, 0.6) is 0 Å². The van der Waals surface area contributed by atoms with Gasteiger partial charge in [-0.2, -0.15) is 0 Å². The molecule has 1 aliphatic rings. The molecule has 2 aromatic rings. The number of carbonyl (C=O) groups is 1. The van der Waals surface area contributed by atoms with E-state index in [1.807, 2.05) is 43.0 Å². The molecule has 7 nitrogen and oxygen atoms in total. The number of benzene rings is 1. The normalized spacial score (nSPS) is 20.1. The summed E-state index contributed by atoms with van der Waals surface area (Å²) in [5, 5.41) is 7.82. The molecule has 2 heterocycles. The van der Waals surface area contributed by atoms with Crippen molar-refractivity contribution < 1.29 is 14.3 Å². The zero-order valence-corrected chi connectivity index (χ0v) is 14.2. The minimum Gasteiger partial charge on any atom is -0.382 e. The summed E-state index contributed by atoms with van der Waals surface area (Å²) < 4.78 is 12.8. The summed E-state index contributed by atoms with van der Waals surface area (Å²) in [6, 6.07) is 7.41. The van der Waals surface area contributed by atoms with Gasteiger partial charge >= 0.3 is 0 Å². The first-order valence-corrected chi connectivity index (χ1v) is 7.92. The summed E-state index contributed by atoms with van der Waals surface area (Å²) in [4.78, 5) is 14.9. The van der Waals surface area contributed by atoms with Gasteiger partial charge in [0.05, 0.1) is 42.0 Å². The van der Waals surface area contributed by atoms with E-state index in [0.717, 1.165) is 0 Å². The second kappa shape index (κ2) is 6.70. The lowest BCUT2D eigenvalue weighted by atomic mass is 10.0. The lowest BCUT2D eigenvalue weighted by Crippen LogP contribution is -2.55. The lowest BCUT2D eigenvalue weighted by Gasteiger charge is -2.42. The first kappa shape index (κ1) is 16.6. The molecule has 0 aliphatic carbocycles. The number of hydrogen-bond acceptors (Lipinski definition) is 5. The average Bonchev–Trinajstić information content (AvgIpc) is 3.07. The number of amides is 1. The summed E-state index contributed by atoms with van der Waals surface area (Å²) in [5.74, 6) is -0.0430. The second-order valence-corrected chi connectivity index (χ2v) is 6.51. The highest BCUT2D eigenvalue weighted by atomic mass is 16.5. The lowest BCUT2D eigenvalue weighted by molar-refractivity contribution is -0.143. The van der Waals surface area contributed by atoms with Crippen LogP contribution in [0.2, 0.25) is 0 Å². The molecule has 1 aromatic heterocycles. The highest BCUT2D eigenvalue weighted by Gasteiger charge is 2.36. The number of para-hydroxylation sites is 1. The number of rotatable bonds is 4. The first-order chi connectivity index (χ1) is 11.5. The monoisotopic (exact) mass is 330 g/mol. The molecule has 0 unspecified atom stereocenters. The Balaban J connectivity index is 1.89. The molecule has 1 saturated heterocycles. The van der Waals surface area contributed by atoms with Gasteiger partial charge in [-0.1, -0.05) is 17.3 Å². The molecule has 1 aliphatic heterocycles. The van der Waals surface area contributed by atoms with Crippen molar-refractivity contribution >= 4 is 5.91 Å². The van der Waals surface area contributed by atoms with Crippen molar-refractivity contribution in [1.29, 1.82) is 0 Å². The second-order valence-electron chi connectivity index (χ2n) is 6.51. The molecular formula is C17H22N4O3. The van der Waals surface area contributed by atoms with Gasteiger partial charge in [0, 0.05) is 20.2 Å². The maximum absolute atomic E-state index is 13.1. The molecule has 1 fully saturated rings. The van der Waals surface area contributed by atoms with Gasteiger partial charge in [-0.25, -0.2) is 4.68 Å². The average molecular weight is 330 g/mol. The number of nitrogens with zero attached hydrogens (tertiary/aromatic N) is 4. The number of morpholine rings is 1. The molecular weight excluding hydrogens is 308 g/mol.